The van der Waals surface area contributed by atoms with E-state index in [9.17, 15) is 0 Å². The summed E-state index contributed by atoms with van der Waals surface area (Å²) >= 11 is 0. The summed E-state index contributed by atoms with van der Waals surface area (Å²) in [6.07, 6.45) is 19.3. The first-order chi connectivity index (χ1) is 44.0. The second kappa shape index (κ2) is 38.8. The minimum atomic E-state index is 0.275. The SMILES string of the molecule is C1CNCCN1.CC(C)(C)N1CC2CC1CO2.CC(C)(C)N1CC2CCC(C2)C1.CC(C)(C)N1CCC1.CC(C)(C)N1CCCCC1.CC(C)(C)c1ccc2c(c1)CCN2.CC(C)C.CC(C)N1CC2CC2C1.CC(C)N1CCCC1.CC(C)c1cccc2ncccc12. The standard InChI is InChI=1S/C12H17N.C12H13N.C11H21N.C9H17NO.C9H19N.C8H15N.2C7H15N.C4H10N2.C4H10/c1-12(2,3)10-4-5-11-9(8-10)6-7-13-11;1-9(2)10-5-3-7-12-11(10)6-4-8-13-12;1-11(2,3)12-7-9-4-5-10(6-9)8-12;1-9(2,3)10-5-8-4-7(10)6-11-8;1-9(2,3)10-7-5-4-6-8-10;1-6(2)9-4-7-3-8(7)5-9;1-7(2,3)8-5-4-6-8;1-7(2)8-5-3-4-6-8;1-2-6-4-3-5-1;1-4(2)3/h4-5,8,13H,6-7H2,1-3H3;3-9H,1-2H3;9-10H,4-8H2,1-3H3;7-8H,4-6H2,1-3H3;4-8H2,1-3H3;6-8H,3-5H2,1-2H3;4-6H2,1-3H3;7H,3-6H2,1-2H3;5-6H,1-4H2;4H,1-3H3. The molecule has 2 aliphatic carbocycles. The molecule has 2 aromatic carbocycles. The first-order valence-corrected chi connectivity index (χ1v) is 38.7. The maximum atomic E-state index is 5.54. The van der Waals surface area contributed by atoms with E-state index < -0.39 is 0 Å². The summed E-state index contributed by atoms with van der Waals surface area (Å²) in [7, 11) is 0. The zero-order valence-electron chi connectivity index (χ0n) is 66.0. The minimum absolute atomic E-state index is 0.275. The van der Waals surface area contributed by atoms with Gasteiger partial charge in [0.2, 0.25) is 0 Å². The number of aromatic nitrogens is 1. The molecule has 0 radical (unpaired) electrons. The van der Waals surface area contributed by atoms with Crippen LogP contribution in [0.3, 0.4) is 0 Å². The molecule has 14 rings (SSSR count). The molecule has 2 saturated carbocycles. The molecule has 94 heavy (non-hydrogen) atoms. The molecule has 6 atom stereocenters. The van der Waals surface area contributed by atoms with Crippen LogP contribution in [0.15, 0.2) is 54.7 Å². The number of piperazine rings is 1. The topological polar surface area (TPSA) is 77.7 Å². The number of likely N-dealkylation sites (tertiary alicyclic amines) is 6. The van der Waals surface area contributed by atoms with Gasteiger partial charge in [0, 0.05) is 123 Å². The molecule has 1 aromatic heterocycles. The van der Waals surface area contributed by atoms with Crippen molar-refractivity contribution in [3.63, 3.8) is 0 Å². The maximum Gasteiger partial charge on any atom is 0.0718 e. The summed E-state index contributed by atoms with van der Waals surface area (Å²) in [6, 6.07) is 19.5. The normalized spacial score (nSPS) is 25.1. The van der Waals surface area contributed by atoms with Crippen molar-refractivity contribution >= 4 is 16.6 Å². The van der Waals surface area contributed by atoms with E-state index in [0.29, 0.717) is 40.2 Å². The van der Waals surface area contributed by atoms with E-state index in [1.54, 1.807) is 0 Å². The van der Waals surface area contributed by atoms with E-state index in [1.807, 2.05) is 12.3 Å². The van der Waals surface area contributed by atoms with Crippen LogP contribution < -0.4 is 16.0 Å². The summed E-state index contributed by atoms with van der Waals surface area (Å²) < 4.78 is 5.54. The molecule has 0 amide bonds. The van der Waals surface area contributed by atoms with Crippen LogP contribution in [-0.2, 0) is 16.6 Å². The van der Waals surface area contributed by atoms with Gasteiger partial charge in [0.05, 0.1) is 18.2 Å². The number of rotatable bonds is 3. The Labute approximate surface area is 582 Å². The van der Waals surface area contributed by atoms with Crippen molar-refractivity contribution in [3.8, 4) is 0 Å². The number of hydrogen-bond donors (Lipinski definition) is 3. The molecular weight excluding hydrogens is 1150 g/mol. The highest BCUT2D eigenvalue weighted by Crippen LogP contribution is 2.45. The molecule has 540 valence electrons. The van der Waals surface area contributed by atoms with Crippen LogP contribution in [0.25, 0.3) is 10.9 Å². The number of ether oxygens (including phenoxy) is 1. The molecule has 11 aliphatic rings. The summed E-state index contributed by atoms with van der Waals surface area (Å²) in [4.78, 5) is 19.8. The fraction of sp³-hybridized carbons (Fsp3) is 0.819. The van der Waals surface area contributed by atoms with Gasteiger partial charge in [-0.2, -0.15) is 0 Å². The molecule has 6 unspecified atom stereocenters. The summed E-state index contributed by atoms with van der Waals surface area (Å²) in [5, 5.41) is 11.1. The lowest BCUT2D eigenvalue weighted by Gasteiger charge is -2.42. The van der Waals surface area contributed by atoms with Crippen molar-refractivity contribution in [2.24, 2.45) is 29.6 Å². The number of pyridine rings is 1. The number of hydrogen-bond acceptors (Lipinski definition) is 11. The Hall–Kier alpha value is -2.71. The quantitative estimate of drug-likeness (QED) is 0.235. The Morgan fingerprint density at radius 2 is 1.02 bits per heavy atom. The van der Waals surface area contributed by atoms with Gasteiger partial charge in [-0.15, -0.1) is 0 Å². The van der Waals surface area contributed by atoms with Crippen molar-refractivity contribution in [1.29, 1.82) is 0 Å². The average Bonchev–Trinajstić information content (AvgIpc) is 1.63. The van der Waals surface area contributed by atoms with Crippen LogP contribution >= 0.6 is 0 Å². The van der Waals surface area contributed by atoms with Gasteiger partial charge < -0.3 is 30.5 Å². The van der Waals surface area contributed by atoms with E-state index in [-0.39, 0.29) is 5.41 Å². The predicted molar refractivity (Wildman–Crippen MR) is 412 cm³/mol. The van der Waals surface area contributed by atoms with Gasteiger partial charge in [-0.3, -0.25) is 24.6 Å². The predicted octanol–water partition coefficient (Wildman–Crippen LogP) is 17.5. The number of anilines is 1. The Balaban J connectivity index is 0.000000192. The third kappa shape index (κ3) is 29.2. The first kappa shape index (κ1) is 82.0. The number of benzene rings is 2. The van der Waals surface area contributed by atoms with Crippen molar-refractivity contribution < 1.29 is 4.74 Å². The fourth-order valence-corrected chi connectivity index (χ4v) is 14.6. The van der Waals surface area contributed by atoms with Gasteiger partial charge in [-0.25, -0.2) is 0 Å². The van der Waals surface area contributed by atoms with Crippen LogP contribution in [-0.4, -0.2) is 192 Å². The third-order valence-corrected chi connectivity index (χ3v) is 21.0. The van der Waals surface area contributed by atoms with Gasteiger partial charge in [0.15, 0.2) is 0 Å². The van der Waals surface area contributed by atoms with Crippen molar-refractivity contribution in [3.05, 3.63) is 71.4 Å². The van der Waals surface area contributed by atoms with E-state index in [2.05, 4.69) is 259 Å². The Kier molecular flexibility index (Phi) is 33.8. The second-order valence-electron chi connectivity index (χ2n) is 36.3. The molecule has 4 bridgehead atoms. The van der Waals surface area contributed by atoms with Gasteiger partial charge >= 0.3 is 0 Å². The van der Waals surface area contributed by atoms with Crippen LogP contribution in [0, 0.1) is 29.6 Å². The molecular formula is C83H152N10O. The monoisotopic (exact) mass is 1310 g/mol. The van der Waals surface area contributed by atoms with Gasteiger partial charge in [-0.05, 0) is 296 Å². The van der Waals surface area contributed by atoms with Crippen LogP contribution in [0.1, 0.15) is 259 Å². The van der Waals surface area contributed by atoms with Gasteiger partial charge in [-0.1, -0.05) is 92.1 Å². The lowest BCUT2D eigenvalue weighted by atomic mass is 9.86. The third-order valence-electron chi connectivity index (χ3n) is 21.0. The van der Waals surface area contributed by atoms with Crippen molar-refractivity contribution in [2.45, 2.75) is 301 Å². The van der Waals surface area contributed by atoms with E-state index >= 15 is 0 Å². The summed E-state index contributed by atoms with van der Waals surface area (Å²) in [6.45, 7) is 75.6. The minimum Gasteiger partial charge on any atom is -0.384 e. The van der Waals surface area contributed by atoms with Crippen LogP contribution in [0.4, 0.5) is 5.69 Å². The van der Waals surface area contributed by atoms with Gasteiger partial charge in [0.25, 0.3) is 0 Å². The molecule has 10 fully saturated rings. The lowest BCUT2D eigenvalue weighted by molar-refractivity contribution is -0.00804. The zero-order chi connectivity index (χ0) is 69.6. The van der Waals surface area contributed by atoms with E-state index in [1.165, 1.54) is 170 Å². The molecule has 3 N–H and O–H groups in total. The molecule has 11 heteroatoms. The summed E-state index contributed by atoms with van der Waals surface area (Å²) in [5.41, 5.74) is 8.57. The second-order valence-corrected chi connectivity index (χ2v) is 36.3. The van der Waals surface area contributed by atoms with E-state index in [4.69, 9.17) is 4.74 Å². The molecule has 11 nitrogen and oxygen atoms in total. The number of fused-ring (bicyclic) bond motifs is 7. The maximum absolute atomic E-state index is 5.54. The number of nitrogens with one attached hydrogen (secondary N) is 3. The average molecular weight is 1310 g/mol. The van der Waals surface area contributed by atoms with Crippen molar-refractivity contribution in [1.82, 2.24) is 45.0 Å². The Bertz CT molecular complexity index is 2480. The first-order valence-electron chi connectivity index (χ1n) is 38.7. The Morgan fingerprint density at radius 1 is 0.500 bits per heavy atom. The zero-order valence-corrected chi connectivity index (χ0v) is 66.0. The van der Waals surface area contributed by atoms with E-state index in [0.717, 1.165) is 93.1 Å². The van der Waals surface area contributed by atoms with Crippen LogP contribution in [0.2, 0.25) is 0 Å². The molecule has 10 heterocycles. The number of piperidine rings is 3. The lowest BCUT2D eigenvalue weighted by Crippen LogP contribution is -2.49. The highest BCUT2D eigenvalue weighted by atomic mass is 16.5. The highest BCUT2D eigenvalue weighted by Gasteiger charge is 2.46. The number of nitrogens with zero attached hydrogens (tertiary/aromatic N) is 7. The molecule has 0 spiro atoms. The number of morpholine rings is 1. The summed E-state index contributed by atoms with van der Waals surface area (Å²) in [5.74, 6) is 5.67. The van der Waals surface area contributed by atoms with Crippen molar-refractivity contribution in [2.75, 3.05) is 117 Å². The fourth-order valence-electron chi connectivity index (χ4n) is 14.6. The Morgan fingerprint density at radius 3 is 1.40 bits per heavy atom. The highest BCUT2D eigenvalue weighted by molar-refractivity contribution is 5.82. The molecule has 9 aliphatic heterocycles. The molecule has 3 aromatic rings. The largest absolute Gasteiger partial charge is 0.384 e. The van der Waals surface area contributed by atoms with Crippen LogP contribution in [0.5, 0.6) is 0 Å². The van der Waals surface area contributed by atoms with Gasteiger partial charge in [0.1, 0.15) is 0 Å². The smallest absolute Gasteiger partial charge is 0.0718 e. The molecule has 8 saturated heterocycles.